The molecule has 12 nitrogen and oxygen atoms in total. The van der Waals surface area contributed by atoms with Crippen molar-refractivity contribution >= 4 is 35.8 Å². The smallest absolute Gasteiger partial charge is 0.309 e. The minimum absolute atomic E-state index is 0.371. The summed E-state index contributed by atoms with van der Waals surface area (Å²) in [7, 11) is 0. The summed E-state index contributed by atoms with van der Waals surface area (Å²) in [5, 5.41) is 16.7. The maximum atomic E-state index is 11.3. The highest BCUT2D eigenvalue weighted by Crippen LogP contribution is 1.99. The molecule has 146 valence electrons. The SMILES string of the molecule is O=C(O)CCC(=O)OCOC(=O)CCC(=O)OCOC(=O)CCC(=O)O. The van der Waals surface area contributed by atoms with Gasteiger partial charge in [0.05, 0.1) is 38.5 Å². The lowest BCUT2D eigenvalue weighted by molar-refractivity contribution is -0.173. The van der Waals surface area contributed by atoms with E-state index < -0.39 is 75.1 Å². The van der Waals surface area contributed by atoms with E-state index in [9.17, 15) is 28.8 Å². The van der Waals surface area contributed by atoms with E-state index in [0.29, 0.717) is 0 Å². The van der Waals surface area contributed by atoms with Gasteiger partial charge in [0.25, 0.3) is 0 Å². The summed E-state index contributed by atoms with van der Waals surface area (Å²) >= 11 is 0. The third-order valence-electron chi connectivity index (χ3n) is 2.50. The Morgan fingerprint density at radius 3 is 0.923 bits per heavy atom. The van der Waals surface area contributed by atoms with Gasteiger partial charge in [-0.3, -0.25) is 28.8 Å². The fourth-order valence-electron chi connectivity index (χ4n) is 1.23. The number of carbonyl (C=O) groups excluding carboxylic acids is 4. The van der Waals surface area contributed by atoms with Gasteiger partial charge in [-0.1, -0.05) is 0 Å². The third-order valence-corrected chi connectivity index (χ3v) is 2.50. The van der Waals surface area contributed by atoms with Crippen molar-refractivity contribution in [3.05, 3.63) is 0 Å². The summed E-state index contributed by atoms with van der Waals surface area (Å²) in [5.74, 6) is -5.80. The highest BCUT2D eigenvalue weighted by atomic mass is 16.7. The van der Waals surface area contributed by atoms with E-state index >= 15 is 0 Å². The van der Waals surface area contributed by atoms with Gasteiger partial charge in [-0.05, 0) is 0 Å². The fraction of sp³-hybridized carbons (Fsp3) is 0.571. The van der Waals surface area contributed by atoms with Crippen molar-refractivity contribution in [2.24, 2.45) is 0 Å². The lowest BCUT2D eigenvalue weighted by atomic mass is 10.3. The van der Waals surface area contributed by atoms with Crippen molar-refractivity contribution in [1.82, 2.24) is 0 Å². The topological polar surface area (TPSA) is 180 Å². The number of carboxylic acids is 2. The molecule has 0 saturated carbocycles. The van der Waals surface area contributed by atoms with E-state index in [1.807, 2.05) is 0 Å². The zero-order chi connectivity index (χ0) is 19.9. The predicted octanol–water partition coefficient (Wildman–Crippen LogP) is -0.416. The Hall–Kier alpha value is -3.18. The van der Waals surface area contributed by atoms with Gasteiger partial charge >= 0.3 is 35.8 Å². The number of rotatable bonds is 13. The molecule has 12 heteroatoms. The molecule has 0 aliphatic rings. The first kappa shape index (κ1) is 22.8. The quantitative estimate of drug-likeness (QED) is 0.313. The summed E-state index contributed by atoms with van der Waals surface area (Å²) in [6.45, 7) is -1.43. The maximum Gasteiger partial charge on any atom is 0.309 e. The molecule has 0 saturated heterocycles. The number of carbonyl (C=O) groups is 6. The molecule has 0 aromatic heterocycles. The van der Waals surface area contributed by atoms with Crippen LogP contribution in [0.4, 0.5) is 0 Å². The zero-order valence-electron chi connectivity index (χ0n) is 13.6. The molecule has 0 heterocycles. The standard InChI is InChI=1S/C14H18O12/c15-9(16)1-3-11(19)23-7-25-13(21)5-6-14(22)26-8-24-12(20)4-2-10(17)18/h1-8H2,(H,15,16)(H,17,18). The molecule has 0 aliphatic carbocycles. The molecule has 0 fully saturated rings. The van der Waals surface area contributed by atoms with Crippen LogP contribution in [0.1, 0.15) is 38.5 Å². The lowest BCUT2D eigenvalue weighted by Gasteiger charge is -2.07. The molecule has 0 aliphatic heterocycles. The number of hydrogen-bond acceptors (Lipinski definition) is 10. The Balaban J connectivity index is 3.71. The summed E-state index contributed by atoms with van der Waals surface area (Å²) in [5.41, 5.74) is 0. The van der Waals surface area contributed by atoms with E-state index in [1.165, 1.54) is 0 Å². The van der Waals surface area contributed by atoms with Gasteiger partial charge in [-0.15, -0.1) is 0 Å². The number of aliphatic carboxylic acids is 2. The third kappa shape index (κ3) is 14.4. The van der Waals surface area contributed by atoms with Gasteiger partial charge in [-0.2, -0.15) is 0 Å². The second-order valence-electron chi connectivity index (χ2n) is 4.59. The molecular weight excluding hydrogens is 360 g/mol. The van der Waals surface area contributed by atoms with Crippen molar-refractivity contribution in [3.63, 3.8) is 0 Å². The average Bonchev–Trinajstić information content (AvgIpc) is 2.56. The van der Waals surface area contributed by atoms with Crippen LogP contribution in [-0.2, 0) is 47.7 Å². The van der Waals surface area contributed by atoms with Crippen molar-refractivity contribution in [3.8, 4) is 0 Å². The van der Waals surface area contributed by atoms with Gasteiger partial charge < -0.3 is 29.2 Å². The summed E-state index contributed by atoms with van der Waals surface area (Å²) in [6, 6.07) is 0. The van der Waals surface area contributed by atoms with E-state index in [1.54, 1.807) is 0 Å². The number of esters is 4. The van der Waals surface area contributed by atoms with Gasteiger partial charge in [0, 0.05) is 0 Å². The molecule has 0 aromatic rings. The molecule has 0 atom stereocenters. The van der Waals surface area contributed by atoms with Crippen molar-refractivity contribution < 1.29 is 57.9 Å². The van der Waals surface area contributed by atoms with Crippen LogP contribution in [0.5, 0.6) is 0 Å². The minimum atomic E-state index is -1.18. The van der Waals surface area contributed by atoms with Gasteiger partial charge in [0.2, 0.25) is 13.6 Å². The summed E-state index contributed by atoms with van der Waals surface area (Å²) < 4.78 is 17.9. The number of hydrogen-bond donors (Lipinski definition) is 2. The first-order valence-electron chi connectivity index (χ1n) is 7.26. The van der Waals surface area contributed by atoms with E-state index in [4.69, 9.17) is 10.2 Å². The monoisotopic (exact) mass is 378 g/mol. The molecule has 0 aromatic carbocycles. The Bertz CT molecular complexity index is 490. The molecule has 0 amide bonds. The molecule has 0 bridgehead atoms. The summed E-state index contributed by atoms with van der Waals surface area (Å²) in [6.07, 6.45) is -2.36. The zero-order valence-corrected chi connectivity index (χ0v) is 13.6. The van der Waals surface area contributed by atoms with Crippen LogP contribution in [-0.4, -0.2) is 59.6 Å². The molecule has 0 spiro atoms. The van der Waals surface area contributed by atoms with Crippen LogP contribution >= 0.6 is 0 Å². The summed E-state index contributed by atoms with van der Waals surface area (Å²) in [4.78, 5) is 65.0. The minimum Gasteiger partial charge on any atom is -0.481 e. The largest absolute Gasteiger partial charge is 0.481 e. The first-order valence-corrected chi connectivity index (χ1v) is 7.26. The first-order chi connectivity index (χ1) is 12.2. The molecule has 26 heavy (non-hydrogen) atoms. The molecule has 2 N–H and O–H groups in total. The van der Waals surface area contributed by atoms with Crippen LogP contribution in [0.25, 0.3) is 0 Å². The number of carboxylic acid groups (broad SMARTS) is 2. The Morgan fingerprint density at radius 2 is 0.692 bits per heavy atom. The van der Waals surface area contributed by atoms with Crippen LogP contribution in [0, 0.1) is 0 Å². The molecule has 0 radical (unpaired) electrons. The van der Waals surface area contributed by atoms with Crippen molar-refractivity contribution in [1.29, 1.82) is 0 Å². The van der Waals surface area contributed by atoms with E-state index in [2.05, 4.69) is 18.9 Å². The molecule has 0 unspecified atom stereocenters. The van der Waals surface area contributed by atoms with Gasteiger partial charge in [0.1, 0.15) is 0 Å². The second kappa shape index (κ2) is 13.1. The normalized spacial score (nSPS) is 9.69. The average molecular weight is 378 g/mol. The van der Waals surface area contributed by atoms with E-state index in [-0.39, 0.29) is 12.8 Å². The molecular formula is C14H18O12. The van der Waals surface area contributed by atoms with Crippen molar-refractivity contribution in [2.75, 3.05) is 13.6 Å². The second-order valence-corrected chi connectivity index (χ2v) is 4.59. The predicted molar refractivity (Wildman–Crippen MR) is 77.1 cm³/mol. The van der Waals surface area contributed by atoms with Crippen LogP contribution in [0.2, 0.25) is 0 Å². The van der Waals surface area contributed by atoms with Gasteiger partial charge in [0.15, 0.2) is 0 Å². The highest BCUT2D eigenvalue weighted by molar-refractivity contribution is 5.79. The van der Waals surface area contributed by atoms with Crippen LogP contribution in [0.3, 0.4) is 0 Å². The Morgan fingerprint density at radius 1 is 0.462 bits per heavy atom. The van der Waals surface area contributed by atoms with Crippen LogP contribution < -0.4 is 0 Å². The Kier molecular flexibility index (Phi) is 11.5. The number of ether oxygens (including phenoxy) is 4. The fourth-order valence-corrected chi connectivity index (χ4v) is 1.23. The van der Waals surface area contributed by atoms with Crippen molar-refractivity contribution in [2.45, 2.75) is 38.5 Å². The van der Waals surface area contributed by atoms with Crippen LogP contribution in [0.15, 0.2) is 0 Å². The maximum absolute atomic E-state index is 11.3. The van der Waals surface area contributed by atoms with E-state index in [0.717, 1.165) is 0 Å². The Labute approximate surface area is 146 Å². The lowest BCUT2D eigenvalue weighted by Crippen LogP contribution is -2.16. The molecule has 0 rings (SSSR count). The highest BCUT2D eigenvalue weighted by Gasteiger charge is 2.12. The van der Waals surface area contributed by atoms with Gasteiger partial charge in [-0.25, -0.2) is 0 Å².